The number of fused-ring (bicyclic) bond motifs is 1. The molecule has 64 valence electrons. The van der Waals surface area contributed by atoms with Crippen molar-refractivity contribution in [1.82, 2.24) is 0 Å². The zero-order valence-electron chi connectivity index (χ0n) is 6.69. The van der Waals surface area contributed by atoms with Gasteiger partial charge in [-0.25, -0.2) is 0 Å². The second-order valence-electron chi connectivity index (χ2n) is 3.20. The summed E-state index contributed by atoms with van der Waals surface area (Å²) in [6.07, 6.45) is 3.82. The molecule has 0 nitrogen and oxygen atoms in total. The molecule has 1 aromatic rings. The highest BCUT2D eigenvalue weighted by Gasteiger charge is 2.16. The zero-order chi connectivity index (χ0) is 8.55. The van der Waals surface area contributed by atoms with Crippen molar-refractivity contribution in [1.29, 1.82) is 0 Å². The predicted molar refractivity (Wildman–Crippen MR) is 58.7 cm³/mol. The Bertz CT molecular complexity index is 294. The van der Waals surface area contributed by atoms with Gasteiger partial charge in [0.1, 0.15) is 0 Å². The summed E-state index contributed by atoms with van der Waals surface area (Å²) in [5.41, 5.74) is 2.97. The van der Waals surface area contributed by atoms with Gasteiger partial charge in [0.2, 0.25) is 0 Å². The summed E-state index contributed by atoms with van der Waals surface area (Å²) in [7, 11) is 0. The molecular weight excluding hydrogens is 280 g/mol. The van der Waals surface area contributed by atoms with E-state index in [4.69, 9.17) is 0 Å². The third-order valence-corrected chi connectivity index (χ3v) is 3.79. The van der Waals surface area contributed by atoms with Gasteiger partial charge < -0.3 is 0 Å². The Morgan fingerprint density at radius 3 is 3.00 bits per heavy atom. The van der Waals surface area contributed by atoms with Crippen LogP contribution in [0.2, 0.25) is 0 Å². The van der Waals surface area contributed by atoms with E-state index in [0.717, 1.165) is 0 Å². The third kappa shape index (κ3) is 1.60. The molecule has 0 heterocycles. The summed E-state index contributed by atoms with van der Waals surface area (Å²) >= 11 is 7.20. The van der Waals surface area contributed by atoms with Gasteiger partial charge in [0.25, 0.3) is 0 Å². The van der Waals surface area contributed by atoms with E-state index in [0.29, 0.717) is 4.83 Å². The van der Waals surface area contributed by atoms with Gasteiger partial charge in [0.15, 0.2) is 0 Å². The van der Waals surface area contributed by atoms with Gasteiger partial charge in [-0.1, -0.05) is 37.9 Å². The average molecular weight is 290 g/mol. The zero-order valence-corrected chi connectivity index (χ0v) is 9.86. The average Bonchev–Trinajstić information content (AvgIpc) is 2.07. The largest absolute Gasteiger partial charge is 0.0839 e. The summed E-state index contributed by atoms with van der Waals surface area (Å²) < 4.78 is 1.19. The van der Waals surface area contributed by atoms with Crippen LogP contribution in [0.3, 0.4) is 0 Å². The summed E-state index contributed by atoms with van der Waals surface area (Å²) in [5.74, 6) is 0. The summed E-state index contributed by atoms with van der Waals surface area (Å²) in [4.78, 5) is 0.568. The first-order valence-corrected chi connectivity index (χ1v) is 5.90. The van der Waals surface area contributed by atoms with E-state index in [-0.39, 0.29) is 0 Å². The van der Waals surface area contributed by atoms with Gasteiger partial charge in [-0.15, -0.1) is 0 Å². The highest BCUT2D eigenvalue weighted by molar-refractivity contribution is 9.10. The summed E-state index contributed by atoms with van der Waals surface area (Å²) in [5, 5.41) is 0. The molecule has 0 fully saturated rings. The molecule has 1 aliphatic rings. The van der Waals surface area contributed by atoms with Crippen LogP contribution in [0, 0.1) is 0 Å². The minimum absolute atomic E-state index is 0.568. The molecule has 1 aromatic carbocycles. The van der Waals surface area contributed by atoms with Gasteiger partial charge in [-0.05, 0) is 42.5 Å². The molecule has 0 amide bonds. The highest BCUT2D eigenvalue weighted by atomic mass is 79.9. The Morgan fingerprint density at radius 2 is 2.17 bits per heavy atom. The van der Waals surface area contributed by atoms with Crippen molar-refractivity contribution in [3.05, 3.63) is 33.8 Å². The topological polar surface area (TPSA) is 0 Å². The molecule has 1 unspecified atom stereocenters. The van der Waals surface area contributed by atoms with Crippen molar-refractivity contribution >= 4 is 31.9 Å². The second kappa shape index (κ2) is 3.51. The van der Waals surface area contributed by atoms with Crippen LogP contribution in [0.25, 0.3) is 0 Å². The second-order valence-corrected chi connectivity index (χ2v) is 5.22. The Hall–Kier alpha value is 0.180. The lowest BCUT2D eigenvalue weighted by atomic mass is 9.92. The minimum atomic E-state index is 0.568. The van der Waals surface area contributed by atoms with Gasteiger partial charge in [-0.2, -0.15) is 0 Å². The molecule has 0 aromatic heterocycles. The van der Waals surface area contributed by atoms with Crippen LogP contribution in [0.5, 0.6) is 0 Å². The van der Waals surface area contributed by atoms with Crippen LogP contribution < -0.4 is 0 Å². The van der Waals surface area contributed by atoms with Gasteiger partial charge in [0.05, 0.1) is 0 Å². The van der Waals surface area contributed by atoms with E-state index in [1.54, 1.807) is 0 Å². The fourth-order valence-corrected chi connectivity index (χ4v) is 2.84. The van der Waals surface area contributed by atoms with Gasteiger partial charge in [-0.3, -0.25) is 0 Å². The SMILES string of the molecule is Brc1ccc2c(c1)C(Br)CCC2. The number of alkyl halides is 1. The van der Waals surface area contributed by atoms with E-state index in [9.17, 15) is 0 Å². The van der Waals surface area contributed by atoms with Crippen LogP contribution >= 0.6 is 31.9 Å². The monoisotopic (exact) mass is 288 g/mol. The minimum Gasteiger partial charge on any atom is -0.0839 e. The molecule has 0 N–H and O–H groups in total. The number of hydrogen-bond acceptors (Lipinski definition) is 0. The molecule has 0 saturated heterocycles. The molecule has 12 heavy (non-hydrogen) atoms. The normalized spacial score (nSPS) is 22.0. The van der Waals surface area contributed by atoms with Crippen molar-refractivity contribution in [3.63, 3.8) is 0 Å². The first-order chi connectivity index (χ1) is 5.77. The molecule has 0 aliphatic heterocycles. The Kier molecular flexibility index (Phi) is 2.56. The van der Waals surface area contributed by atoms with Crippen molar-refractivity contribution in [2.45, 2.75) is 24.1 Å². The van der Waals surface area contributed by atoms with E-state index < -0.39 is 0 Å². The molecule has 2 rings (SSSR count). The molecular formula is C10H10Br2. The number of hydrogen-bond donors (Lipinski definition) is 0. The van der Waals surface area contributed by atoms with Crippen LogP contribution in [-0.2, 0) is 6.42 Å². The third-order valence-electron chi connectivity index (χ3n) is 2.35. The van der Waals surface area contributed by atoms with Crippen LogP contribution in [0.1, 0.15) is 28.8 Å². The van der Waals surface area contributed by atoms with Crippen molar-refractivity contribution < 1.29 is 0 Å². The molecule has 0 saturated carbocycles. The van der Waals surface area contributed by atoms with Crippen LogP contribution in [-0.4, -0.2) is 0 Å². The fraction of sp³-hybridized carbons (Fsp3) is 0.400. The lowest BCUT2D eigenvalue weighted by Crippen LogP contribution is -2.04. The van der Waals surface area contributed by atoms with E-state index in [1.165, 1.54) is 34.9 Å². The van der Waals surface area contributed by atoms with E-state index in [2.05, 4.69) is 50.1 Å². The van der Waals surface area contributed by atoms with Crippen LogP contribution in [0.15, 0.2) is 22.7 Å². The maximum Gasteiger partial charge on any atom is 0.0398 e. The standard InChI is InChI=1S/C10H10Br2/c11-8-5-4-7-2-1-3-10(12)9(7)6-8/h4-6,10H,1-3H2. The summed E-state index contributed by atoms with van der Waals surface area (Å²) in [6.45, 7) is 0. The van der Waals surface area contributed by atoms with Crippen molar-refractivity contribution in [2.75, 3.05) is 0 Å². The first kappa shape index (κ1) is 8.76. The van der Waals surface area contributed by atoms with Crippen molar-refractivity contribution in [3.8, 4) is 0 Å². The predicted octanol–water partition coefficient (Wildman–Crippen LogP) is 4.22. The van der Waals surface area contributed by atoms with Crippen molar-refractivity contribution in [2.24, 2.45) is 0 Å². The Morgan fingerprint density at radius 1 is 1.33 bits per heavy atom. The first-order valence-electron chi connectivity index (χ1n) is 4.20. The number of aryl methyl sites for hydroxylation is 1. The maximum atomic E-state index is 3.70. The molecule has 1 aliphatic carbocycles. The summed E-state index contributed by atoms with van der Waals surface area (Å²) in [6, 6.07) is 6.59. The quantitative estimate of drug-likeness (QED) is 0.627. The molecule has 0 radical (unpaired) electrons. The number of halogens is 2. The smallest absolute Gasteiger partial charge is 0.0398 e. The lowest BCUT2D eigenvalue weighted by molar-refractivity contribution is 0.680. The van der Waals surface area contributed by atoms with Gasteiger partial charge >= 0.3 is 0 Å². The molecule has 0 spiro atoms. The maximum absolute atomic E-state index is 3.70. The number of benzene rings is 1. The molecule has 0 bridgehead atoms. The molecule has 1 atom stereocenters. The van der Waals surface area contributed by atoms with Crippen LogP contribution in [0.4, 0.5) is 0 Å². The van der Waals surface area contributed by atoms with E-state index >= 15 is 0 Å². The Balaban J connectivity index is 2.47. The molecule has 2 heteroatoms. The Labute approximate surface area is 89.6 Å². The van der Waals surface area contributed by atoms with Gasteiger partial charge in [0, 0.05) is 9.30 Å². The highest BCUT2D eigenvalue weighted by Crippen LogP contribution is 2.37. The lowest BCUT2D eigenvalue weighted by Gasteiger charge is -2.20. The number of rotatable bonds is 0. The van der Waals surface area contributed by atoms with E-state index in [1.807, 2.05) is 0 Å². The fourth-order valence-electron chi connectivity index (χ4n) is 1.71.